The Morgan fingerprint density at radius 2 is 2.00 bits per heavy atom. The Labute approximate surface area is 124 Å². The summed E-state index contributed by atoms with van der Waals surface area (Å²) in [6, 6.07) is 12.4. The maximum absolute atomic E-state index is 5.84. The molecule has 0 aliphatic rings. The number of anilines is 1. The first-order chi connectivity index (χ1) is 9.66. The summed E-state index contributed by atoms with van der Waals surface area (Å²) >= 11 is 1.70. The Balaban J connectivity index is 2.31. The summed E-state index contributed by atoms with van der Waals surface area (Å²) in [5, 5.41) is 0. The Hall–Kier alpha value is -1.87. The van der Waals surface area contributed by atoms with Gasteiger partial charge < -0.3 is 10.5 Å². The van der Waals surface area contributed by atoms with E-state index in [0.29, 0.717) is 11.4 Å². The van der Waals surface area contributed by atoms with Gasteiger partial charge in [-0.3, -0.25) is 0 Å². The van der Waals surface area contributed by atoms with Crippen LogP contribution in [0.5, 0.6) is 5.75 Å². The zero-order chi connectivity index (χ0) is 14.5. The molecule has 104 valence electrons. The molecular weight excluding hydrogens is 266 g/mol. The van der Waals surface area contributed by atoms with Gasteiger partial charge in [0.05, 0.1) is 12.8 Å². The summed E-state index contributed by atoms with van der Waals surface area (Å²) in [6.07, 6.45) is 2.90. The van der Waals surface area contributed by atoms with E-state index in [2.05, 4.69) is 31.7 Å². The van der Waals surface area contributed by atoms with Crippen LogP contribution in [0.15, 0.2) is 52.8 Å². The van der Waals surface area contributed by atoms with Gasteiger partial charge in [0.1, 0.15) is 5.75 Å². The van der Waals surface area contributed by atoms with Crippen LogP contribution in [0.2, 0.25) is 0 Å². The molecule has 0 aliphatic carbocycles. The molecule has 0 unspecified atom stereocenters. The molecule has 0 saturated heterocycles. The third-order valence-corrected chi connectivity index (χ3v) is 4.03. The van der Waals surface area contributed by atoms with E-state index in [1.807, 2.05) is 24.3 Å². The molecule has 0 fully saturated rings. The van der Waals surface area contributed by atoms with Crippen LogP contribution in [0.25, 0.3) is 6.08 Å². The fourth-order valence-electron chi connectivity index (χ4n) is 1.96. The molecule has 0 atom stereocenters. The minimum Gasteiger partial charge on any atom is -0.495 e. The SMILES string of the molecule is C=Cc1cc(CC)cc(Sc2ccc(N)c(OC)c2)c1. The number of benzene rings is 2. The predicted molar refractivity (Wildman–Crippen MR) is 87.4 cm³/mol. The fourth-order valence-corrected chi connectivity index (χ4v) is 2.94. The number of hydrogen-bond acceptors (Lipinski definition) is 3. The molecule has 3 heteroatoms. The van der Waals surface area contributed by atoms with E-state index in [9.17, 15) is 0 Å². The van der Waals surface area contributed by atoms with Gasteiger partial charge in [0, 0.05) is 9.79 Å². The highest BCUT2D eigenvalue weighted by atomic mass is 32.2. The smallest absolute Gasteiger partial charge is 0.142 e. The largest absolute Gasteiger partial charge is 0.495 e. The topological polar surface area (TPSA) is 35.2 Å². The molecule has 2 rings (SSSR count). The minimum atomic E-state index is 0.658. The first-order valence-corrected chi connectivity index (χ1v) is 7.35. The first kappa shape index (κ1) is 14.5. The van der Waals surface area contributed by atoms with Gasteiger partial charge in [0.2, 0.25) is 0 Å². The Kier molecular flexibility index (Phi) is 4.74. The highest BCUT2D eigenvalue weighted by Gasteiger charge is 2.04. The molecule has 0 heterocycles. The molecule has 0 aliphatic heterocycles. The number of ether oxygens (including phenoxy) is 1. The van der Waals surface area contributed by atoms with Crippen molar-refractivity contribution in [1.29, 1.82) is 0 Å². The minimum absolute atomic E-state index is 0.658. The zero-order valence-corrected chi connectivity index (χ0v) is 12.7. The van der Waals surface area contributed by atoms with Crippen molar-refractivity contribution < 1.29 is 4.74 Å². The van der Waals surface area contributed by atoms with Crippen molar-refractivity contribution >= 4 is 23.5 Å². The number of hydrogen-bond donors (Lipinski definition) is 1. The molecule has 0 saturated carbocycles. The van der Waals surface area contributed by atoms with Crippen molar-refractivity contribution in [3.05, 3.63) is 54.1 Å². The van der Waals surface area contributed by atoms with Gasteiger partial charge in [-0.2, -0.15) is 0 Å². The molecule has 2 aromatic rings. The molecule has 0 aromatic heterocycles. The van der Waals surface area contributed by atoms with Crippen LogP contribution >= 0.6 is 11.8 Å². The average Bonchev–Trinajstić information content (AvgIpc) is 2.48. The maximum Gasteiger partial charge on any atom is 0.142 e. The predicted octanol–water partition coefficient (Wildman–Crippen LogP) is 4.63. The lowest BCUT2D eigenvalue weighted by molar-refractivity contribution is 0.416. The summed E-state index contributed by atoms with van der Waals surface area (Å²) < 4.78 is 5.26. The quantitative estimate of drug-likeness (QED) is 0.813. The summed E-state index contributed by atoms with van der Waals surface area (Å²) in [7, 11) is 1.63. The lowest BCUT2D eigenvalue weighted by Gasteiger charge is -2.09. The molecule has 2 N–H and O–H groups in total. The van der Waals surface area contributed by atoms with E-state index < -0.39 is 0 Å². The van der Waals surface area contributed by atoms with Gasteiger partial charge in [0.25, 0.3) is 0 Å². The van der Waals surface area contributed by atoms with Gasteiger partial charge in [-0.25, -0.2) is 0 Å². The van der Waals surface area contributed by atoms with Crippen molar-refractivity contribution in [2.75, 3.05) is 12.8 Å². The number of aryl methyl sites for hydroxylation is 1. The molecule has 0 radical (unpaired) electrons. The van der Waals surface area contributed by atoms with Crippen LogP contribution in [-0.4, -0.2) is 7.11 Å². The molecule has 0 spiro atoms. The maximum atomic E-state index is 5.84. The van der Waals surface area contributed by atoms with Gasteiger partial charge in [-0.05, 0) is 47.9 Å². The third-order valence-electron chi connectivity index (χ3n) is 3.07. The number of nitrogens with two attached hydrogens (primary N) is 1. The summed E-state index contributed by atoms with van der Waals surface area (Å²) in [5.41, 5.74) is 8.96. The van der Waals surface area contributed by atoms with Crippen LogP contribution in [0.1, 0.15) is 18.1 Å². The van der Waals surface area contributed by atoms with Crippen molar-refractivity contribution in [2.45, 2.75) is 23.1 Å². The van der Waals surface area contributed by atoms with Crippen molar-refractivity contribution in [2.24, 2.45) is 0 Å². The highest BCUT2D eigenvalue weighted by molar-refractivity contribution is 7.99. The van der Waals surface area contributed by atoms with Crippen molar-refractivity contribution in [1.82, 2.24) is 0 Å². The number of nitrogen functional groups attached to an aromatic ring is 1. The highest BCUT2D eigenvalue weighted by Crippen LogP contribution is 2.34. The van der Waals surface area contributed by atoms with Crippen LogP contribution in [0, 0.1) is 0 Å². The summed E-state index contributed by atoms with van der Waals surface area (Å²) in [6.45, 7) is 6.00. The third kappa shape index (κ3) is 3.36. The lowest BCUT2D eigenvalue weighted by atomic mass is 10.1. The average molecular weight is 285 g/mol. The second kappa shape index (κ2) is 6.53. The van der Waals surface area contributed by atoms with E-state index in [4.69, 9.17) is 10.5 Å². The fraction of sp³-hybridized carbons (Fsp3) is 0.176. The second-order valence-electron chi connectivity index (χ2n) is 4.47. The number of methoxy groups -OCH3 is 1. The molecule has 2 nitrogen and oxygen atoms in total. The number of rotatable bonds is 5. The second-order valence-corrected chi connectivity index (χ2v) is 5.62. The zero-order valence-electron chi connectivity index (χ0n) is 11.8. The van der Waals surface area contributed by atoms with E-state index in [0.717, 1.165) is 16.9 Å². The normalized spacial score (nSPS) is 10.3. The van der Waals surface area contributed by atoms with Gasteiger partial charge >= 0.3 is 0 Å². The van der Waals surface area contributed by atoms with Crippen LogP contribution in [0.3, 0.4) is 0 Å². The van der Waals surface area contributed by atoms with E-state index >= 15 is 0 Å². The van der Waals surface area contributed by atoms with E-state index in [-0.39, 0.29) is 0 Å². The van der Waals surface area contributed by atoms with Crippen LogP contribution < -0.4 is 10.5 Å². The first-order valence-electron chi connectivity index (χ1n) is 6.54. The van der Waals surface area contributed by atoms with Crippen molar-refractivity contribution in [3.63, 3.8) is 0 Å². The Morgan fingerprint density at radius 3 is 2.65 bits per heavy atom. The van der Waals surface area contributed by atoms with Gasteiger partial charge in [0.15, 0.2) is 0 Å². The summed E-state index contributed by atoms with van der Waals surface area (Å²) in [4.78, 5) is 2.31. The standard InChI is InChI=1S/C17H19NOS/c1-4-12-8-13(5-2)10-15(9-12)20-14-6-7-16(18)17(11-14)19-3/h4,6-11H,1,5,18H2,2-3H3. The Morgan fingerprint density at radius 1 is 1.20 bits per heavy atom. The molecular formula is C17H19NOS. The monoisotopic (exact) mass is 285 g/mol. The van der Waals surface area contributed by atoms with Gasteiger partial charge in [-0.1, -0.05) is 37.4 Å². The van der Waals surface area contributed by atoms with E-state index in [1.165, 1.54) is 10.5 Å². The van der Waals surface area contributed by atoms with Gasteiger partial charge in [-0.15, -0.1) is 0 Å². The summed E-state index contributed by atoms with van der Waals surface area (Å²) in [5.74, 6) is 0.714. The van der Waals surface area contributed by atoms with Crippen LogP contribution in [0.4, 0.5) is 5.69 Å². The lowest BCUT2D eigenvalue weighted by Crippen LogP contribution is -1.92. The van der Waals surface area contributed by atoms with Crippen molar-refractivity contribution in [3.8, 4) is 5.75 Å². The molecule has 2 aromatic carbocycles. The molecule has 0 bridgehead atoms. The van der Waals surface area contributed by atoms with Crippen LogP contribution in [-0.2, 0) is 6.42 Å². The van der Waals surface area contributed by atoms with E-state index in [1.54, 1.807) is 18.9 Å². The molecule has 20 heavy (non-hydrogen) atoms. The Bertz CT molecular complexity index is 622. The molecule has 0 amide bonds.